The van der Waals surface area contributed by atoms with Crippen molar-refractivity contribution < 1.29 is 0 Å². The molecule has 2 nitrogen and oxygen atoms in total. The predicted molar refractivity (Wildman–Crippen MR) is 60.2 cm³/mol. The minimum Gasteiger partial charge on any atom is -0.383 e. The average Bonchev–Trinajstić information content (AvgIpc) is 2.51. The number of pyridine rings is 1. The van der Waals surface area contributed by atoms with Gasteiger partial charge in [0.25, 0.3) is 0 Å². The van der Waals surface area contributed by atoms with E-state index in [9.17, 15) is 0 Å². The Morgan fingerprint density at radius 2 is 2.36 bits per heavy atom. The molecule has 1 heterocycles. The lowest BCUT2D eigenvalue weighted by Gasteiger charge is -2.08. The van der Waals surface area contributed by atoms with E-state index >= 15 is 0 Å². The zero-order valence-corrected chi connectivity index (χ0v) is 8.88. The van der Waals surface area contributed by atoms with Crippen LogP contribution in [0.3, 0.4) is 0 Å². The Bertz CT molecular complexity index is 365. The molecule has 0 saturated carbocycles. The molecule has 0 saturated heterocycles. The smallest absolute Gasteiger partial charge is 0.131 e. The van der Waals surface area contributed by atoms with Crippen molar-refractivity contribution in [3.63, 3.8) is 0 Å². The lowest BCUT2D eigenvalue weighted by Crippen LogP contribution is -1.98. The second kappa shape index (κ2) is 3.62. The molecule has 14 heavy (non-hydrogen) atoms. The quantitative estimate of drug-likeness (QED) is 0.721. The third-order valence-electron chi connectivity index (χ3n) is 2.58. The zero-order valence-electron chi connectivity index (χ0n) is 8.13. The van der Waals surface area contributed by atoms with Gasteiger partial charge < -0.3 is 5.73 Å². The van der Waals surface area contributed by atoms with Crippen LogP contribution in [0.15, 0.2) is 18.3 Å². The van der Waals surface area contributed by atoms with E-state index in [-0.39, 0.29) is 5.38 Å². The first-order valence-electron chi connectivity index (χ1n) is 4.74. The van der Waals surface area contributed by atoms with Crippen LogP contribution < -0.4 is 5.73 Å². The number of aromatic nitrogens is 1. The lowest BCUT2D eigenvalue weighted by atomic mass is 10.0. The van der Waals surface area contributed by atoms with Crippen LogP contribution >= 0.6 is 11.6 Å². The van der Waals surface area contributed by atoms with Gasteiger partial charge in [0.1, 0.15) is 5.82 Å². The summed E-state index contributed by atoms with van der Waals surface area (Å²) < 4.78 is 0. The van der Waals surface area contributed by atoms with Crippen molar-refractivity contribution in [2.24, 2.45) is 0 Å². The number of allylic oxidation sites excluding steroid dienone is 2. The van der Waals surface area contributed by atoms with Gasteiger partial charge in [0.05, 0.1) is 5.38 Å². The van der Waals surface area contributed by atoms with Crippen molar-refractivity contribution in [1.29, 1.82) is 0 Å². The molecule has 3 heteroatoms. The van der Waals surface area contributed by atoms with Gasteiger partial charge >= 0.3 is 0 Å². The Balaban J connectivity index is 2.46. The maximum absolute atomic E-state index is 6.02. The highest BCUT2D eigenvalue weighted by atomic mass is 35.5. The van der Waals surface area contributed by atoms with Gasteiger partial charge in [-0.05, 0) is 37.0 Å². The monoisotopic (exact) mass is 208 g/mol. The molecule has 1 atom stereocenters. The van der Waals surface area contributed by atoms with E-state index in [1.807, 2.05) is 6.07 Å². The van der Waals surface area contributed by atoms with Crippen LogP contribution in [0.1, 0.15) is 24.0 Å². The summed E-state index contributed by atoms with van der Waals surface area (Å²) in [7, 11) is 0. The molecule has 0 bridgehead atoms. The highest BCUT2D eigenvalue weighted by Crippen LogP contribution is 2.34. The van der Waals surface area contributed by atoms with Crippen molar-refractivity contribution in [2.75, 3.05) is 5.73 Å². The molecule has 0 radical (unpaired) electrons. The Kier molecular flexibility index (Phi) is 2.46. The first kappa shape index (κ1) is 9.53. The molecule has 1 aromatic heterocycles. The van der Waals surface area contributed by atoms with Crippen LogP contribution in [0.5, 0.6) is 0 Å². The molecule has 0 fully saturated rings. The fourth-order valence-electron chi connectivity index (χ4n) is 1.88. The van der Waals surface area contributed by atoms with Crippen molar-refractivity contribution >= 4 is 23.0 Å². The first-order valence-corrected chi connectivity index (χ1v) is 5.18. The fraction of sp³-hybridized carbons (Fsp3) is 0.364. The molecule has 1 aliphatic rings. The second-order valence-corrected chi connectivity index (χ2v) is 4.20. The third kappa shape index (κ3) is 1.62. The van der Waals surface area contributed by atoms with E-state index in [4.69, 9.17) is 17.3 Å². The minimum absolute atomic E-state index is 0.156. The summed E-state index contributed by atoms with van der Waals surface area (Å²) in [5, 5.41) is 0.156. The summed E-state index contributed by atoms with van der Waals surface area (Å²) in [6.45, 7) is 2.05. The molecule has 0 amide bonds. The fourth-order valence-corrected chi connectivity index (χ4v) is 2.14. The Morgan fingerprint density at radius 1 is 1.57 bits per heavy atom. The topological polar surface area (TPSA) is 38.9 Å². The van der Waals surface area contributed by atoms with Crippen molar-refractivity contribution in [2.45, 2.75) is 25.1 Å². The van der Waals surface area contributed by atoms with Crippen LogP contribution in [0, 0.1) is 6.92 Å². The first-order chi connectivity index (χ1) is 6.68. The Hall–Kier alpha value is -1.02. The molecule has 0 aromatic carbocycles. The van der Waals surface area contributed by atoms with Crippen molar-refractivity contribution in [1.82, 2.24) is 4.98 Å². The van der Waals surface area contributed by atoms with Crippen molar-refractivity contribution in [3.05, 3.63) is 29.5 Å². The van der Waals surface area contributed by atoms with Gasteiger partial charge in [0, 0.05) is 11.8 Å². The van der Waals surface area contributed by atoms with Crippen molar-refractivity contribution in [3.8, 4) is 0 Å². The molecular weight excluding hydrogens is 196 g/mol. The number of hydrogen-bond donors (Lipinski definition) is 1. The summed E-state index contributed by atoms with van der Waals surface area (Å²) in [5.41, 5.74) is 9.35. The number of rotatable bonds is 1. The third-order valence-corrected chi connectivity index (χ3v) is 2.93. The number of anilines is 1. The van der Waals surface area contributed by atoms with Gasteiger partial charge in [0.15, 0.2) is 0 Å². The summed E-state index contributed by atoms with van der Waals surface area (Å²) in [4.78, 5) is 4.10. The van der Waals surface area contributed by atoms with E-state index < -0.39 is 0 Å². The number of alkyl halides is 1. The number of hydrogen-bond acceptors (Lipinski definition) is 2. The Labute approximate surface area is 88.8 Å². The zero-order chi connectivity index (χ0) is 10.1. The minimum atomic E-state index is 0.156. The molecule has 1 aliphatic carbocycles. The molecular formula is C11H13ClN2. The normalized spacial score (nSPS) is 21.0. The molecule has 1 unspecified atom stereocenters. The van der Waals surface area contributed by atoms with E-state index in [0.717, 1.165) is 18.4 Å². The highest BCUT2D eigenvalue weighted by Gasteiger charge is 2.18. The maximum atomic E-state index is 6.02. The van der Waals surface area contributed by atoms with E-state index in [2.05, 4.69) is 18.0 Å². The van der Waals surface area contributed by atoms with Gasteiger partial charge in [-0.25, -0.2) is 4.98 Å². The Morgan fingerprint density at radius 3 is 2.93 bits per heavy atom. The van der Waals surface area contributed by atoms with Gasteiger partial charge in [0.2, 0.25) is 0 Å². The lowest BCUT2D eigenvalue weighted by molar-refractivity contribution is 0.941. The number of halogens is 1. The average molecular weight is 209 g/mol. The van der Waals surface area contributed by atoms with Gasteiger partial charge in [-0.15, -0.1) is 11.6 Å². The van der Waals surface area contributed by atoms with Gasteiger partial charge in [-0.1, -0.05) is 6.08 Å². The molecule has 74 valence electrons. The van der Waals surface area contributed by atoms with Gasteiger partial charge in [-0.2, -0.15) is 0 Å². The predicted octanol–water partition coefficient (Wildman–Crippen LogP) is 2.76. The summed E-state index contributed by atoms with van der Waals surface area (Å²) in [6, 6.07) is 1.98. The largest absolute Gasteiger partial charge is 0.383 e. The molecule has 0 spiro atoms. The molecule has 0 aliphatic heterocycles. The summed E-state index contributed by atoms with van der Waals surface area (Å²) in [6.07, 6.45) is 5.83. The maximum Gasteiger partial charge on any atom is 0.131 e. The summed E-state index contributed by atoms with van der Waals surface area (Å²) in [5.74, 6) is 0.613. The van der Waals surface area contributed by atoms with E-state index in [1.165, 1.54) is 11.1 Å². The van der Waals surface area contributed by atoms with Crippen LogP contribution in [-0.4, -0.2) is 10.4 Å². The number of nitrogens with two attached hydrogens (primary N) is 1. The molecule has 2 N–H and O–H groups in total. The van der Waals surface area contributed by atoms with Crippen LogP contribution in [0.4, 0.5) is 5.82 Å². The number of aryl methyl sites for hydroxylation is 1. The SMILES string of the molecule is Cc1ccnc(N)c1C1=CC(Cl)CC1. The number of nitrogens with zero attached hydrogens (tertiary/aromatic N) is 1. The van der Waals surface area contributed by atoms with Gasteiger partial charge in [-0.3, -0.25) is 0 Å². The van der Waals surface area contributed by atoms with Crippen LogP contribution in [0.2, 0.25) is 0 Å². The van der Waals surface area contributed by atoms with E-state index in [1.54, 1.807) is 6.20 Å². The second-order valence-electron chi connectivity index (χ2n) is 3.63. The van der Waals surface area contributed by atoms with Crippen LogP contribution in [-0.2, 0) is 0 Å². The summed E-state index contributed by atoms with van der Waals surface area (Å²) >= 11 is 6.02. The highest BCUT2D eigenvalue weighted by molar-refractivity contribution is 6.22. The van der Waals surface area contributed by atoms with Crippen LogP contribution in [0.25, 0.3) is 5.57 Å². The number of nitrogen functional groups attached to an aromatic ring is 1. The molecule has 1 aromatic rings. The molecule has 2 rings (SSSR count). The standard InChI is InChI=1S/C11H13ClN2/c1-7-4-5-14-11(13)10(7)8-2-3-9(12)6-8/h4-6,9H,2-3H2,1H3,(H2,13,14). The van der Waals surface area contributed by atoms with E-state index in [0.29, 0.717) is 5.82 Å².